The Balaban J connectivity index is 2.77. The van der Waals surface area contributed by atoms with Crippen LogP contribution >= 0.6 is 0 Å². The van der Waals surface area contributed by atoms with Gasteiger partial charge in [-0.05, 0) is 19.8 Å². The molecule has 1 amide bonds. The minimum Gasteiger partial charge on any atom is -0.548 e. The first-order valence-electron chi connectivity index (χ1n) is 4.60. The molecule has 1 aliphatic rings. The number of likely N-dealkylation sites (tertiary alicyclic amines) is 1. The van der Waals surface area contributed by atoms with Crippen LogP contribution in [0.4, 0.5) is 0 Å². The highest BCUT2D eigenvalue weighted by Crippen LogP contribution is 2.22. The van der Waals surface area contributed by atoms with Crippen LogP contribution < -0.4 is 5.11 Å². The van der Waals surface area contributed by atoms with Gasteiger partial charge in [0.1, 0.15) is 0 Å². The van der Waals surface area contributed by atoms with Gasteiger partial charge in [-0.25, -0.2) is 0 Å². The van der Waals surface area contributed by atoms with E-state index in [0.717, 1.165) is 6.42 Å². The molecule has 74 valence electrons. The van der Waals surface area contributed by atoms with Crippen molar-refractivity contribution in [3.05, 3.63) is 0 Å². The Morgan fingerprint density at radius 3 is 2.69 bits per heavy atom. The molecular weight excluding hydrogens is 170 g/mol. The summed E-state index contributed by atoms with van der Waals surface area (Å²) in [5.41, 5.74) is 0. The van der Waals surface area contributed by atoms with Crippen molar-refractivity contribution in [2.45, 2.75) is 45.2 Å². The van der Waals surface area contributed by atoms with Crippen molar-refractivity contribution in [2.75, 3.05) is 0 Å². The van der Waals surface area contributed by atoms with Gasteiger partial charge in [0, 0.05) is 12.5 Å². The number of nitrogens with zero attached hydrogens (tertiary/aromatic N) is 1. The summed E-state index contributed by atoms with van der Waals surface area (Å²) >= 11 is 0. The predicted molar refractivity (Wildman–Crippen MR) is 44.6 cm³/mol. The number of aliphatic carboxylic acids is 1. The fourth-order valence-electron chi connectivity index (χ4n) is 1.80. The summed E-state index contributed by atoms with van der Waals surface area (Å²) in [5.74, 6) is -1.21. The summed E-state index contributed by atoms with van der Waals surface area (Å²) in [4.78, 5) is 23.5. The van der Waals surface area contributed by atoms with Crippen molar-refractivity contribution >= 4 is 11.9 Å². The first-order chi connectivity index (χ1) is 6.07. The smallest absolute Gasteiger partial charge is 0.223 e. The maximum Gasteiger partial charge on any atom is 0.223 e. The molecular formula is C9H14NO3-. The van der Waals surface area contributed by atoms with Crippen molar-refractivity contribution in [3.63, 3.8) is 0 Å². The summed E-state index contributed by atoms with van der Waals surface area (Å²) in [6, 6.07) is -0.708. The van der Waals surface area contributed by atoms with Crippen molar-refractivity contribution < 1.29 is 14.7 Å². The van der Waals surface area contributed by atoms with Crippen LogP contribution in [0.15, 0.2) is 0 Å². The zero-order chi connectivity index (χ0) is 10.0. The Labute approximate surface area is 77.5 Å². The summed E-state index contributed by atoms with van der Waals surface area (Å²) in [6.45, 7) is 3.62. The molecule has 0 aromatic carbocycles. The second-order valence-corrected chi connectivity index (χ2v) is 3.43. The maximum absolute atomic E-state index is 11.3. The van der Waals surface area contributed by atoms with Gasteiger partial charge in [-0.15, -0.1) is 0 Å². The lowest BCUT2D eigenvalue weighted by atomic mass is 10.1. The number of hydrogen-bond acceptors (Lipinski definition) is 3. The van der Waals surface area contributed by atoms with Crippen LogP contribution in [0.1, 0.15) is 33.1 Å². The first kappa shape index (κ1) is 10.0. The first-order valence-corrected chi connectivity index (χ1v) is 4.60. The molecule has 2 unspecified atom stereocenters. The van der Waals surface area contributed by atoms with E-state index >= 15 is 0 Å². The monoisotopic (exact) mass is 184 g/mol. The van der Waals surface area contributed by atoms with Crippen molar-refractivity contribution in [1.82, 2.24) is 4.90 Å². The van der Waals surface area contributed by atoms with Gasteiger partial charge < -0.3 is 14.8 Å². The Kier molecular flexibility index (Phi) is 2.90. The highest BCUT2D eigenvalue weighted by Gasteiger charge is 2.32. The van der Waals surface area contributed by atoms with Gasteiger partial charge in [-0.3, -0.25) is 4.79 Å². The summed E-state index contributed by atoms with van der Waals surface area (Å²) in [7, 11) is 0. The predicted octanol–water partition coefficient (Wildman–Crippen LogP) is -0.474. The van der Waals surface area contributed by atoms with E-state index in [2.05, 4.69) is 0 Å². The Morgan fingerprint density at radius 1 is 1.77 bits per heavy atom. The average Bonchev–Trinajstić information content (AvgIpc) is 2.36. The topological polar surface area (TPSA) is 60.4 Å². The molecule has 2 atom stereocenters. The van der Waals surface area contributed by atoms with Gasteiger partial charge in [0.15, 0.2) is 0 Å². The Hall–Kier alpha value is -1.06. The van der Waals surface area contributed by atoms with Gasteiger partial charge in [-0.1, -0.05) is 6.92 Å². The van der Waals surface area contributed by atoms with E-state index < -0.39 is 12.0 Å². The molecule has 1 aliphatic heterocycles. The lowest BCUT2D eigenvalue weighted by Gasteiger charge is -2.31. The second kappa shape index (κ2) is 3.77. The fourth-order valence-corrected chi connectivity index (χ4v) is 1.80. The van der Waals surface area contributed by atoms with Crippen LogP contribution in [0.3, 0.4) is 0 Å². The van der Waals surface area contributed by atoms with Crippen LogP contribution in [-0.4, -0.2) is 28.9 Å². The summed E-state index contributed by atoms with van der Waals surface area (Å²) in [5, 5.41) is 10.7. The molecule has 4 heteroatoms. The molecule has 13 heavy (non-hydrogen) atoms. The third-order valence-corrected chi connectivity index (χ3v) is 2.53. The zero-order valence-electron chi connectivity index (χ0n) is 7.95. The van der Waals surface area contributed by atoms with Crippen LogP contribution in [-0.2, 0) is 9.59 Å². The van der Waals surface area contributed by atoms with Crippen LogP contribution in [0.25, 0.3) is 0 Å². The van der Waals surface area contributed by atoms with Gasteiger partial charge in [0.05, 0.1) is 12.0 Å². The van der Waals surface area contributed by atoms with Gasteiger partial charge in [0.25, 0.3) is 0 Å². The minimum atomic E-state index is -1.15. The maximum atomic E-state index is 11.3. The Bertz CT molecular complexity index is 227. The van der Waals surface area contributed by atoms with E-state index in [1.807, 2.05) is 6.92 Å². The molecule has 1 heterocycles. The molecule has 0 aromatic heterocycles. The van der Waals surface area contributed by atoms with Gasteiger partial charge in [0.2, 0.25) is 5.91 Å². The number of carbonyl (C=O) groups excluding carboxylic acids is 2. The number of carbonyl (C=O) groups is 2. The van der Waals surface area contributed by atoms with Crippen LogP contribution in [0.2, 0.25) is 0 Å². The van der Waals surface area contributed by atoms with Crippen molar-refractivity contribution in [2.24, 2.45) is 0 Å². The minimum absolute atomic E-state index is 0.0374. The van der Waals surface area contributed by atoms with Crippen molar-refractivity contribution in [3.8, 4) is 0 Å². The van der Waals surface area contributed by atoms with Gasteiger partial charge >= 0.3 is 0 Å². The zero-order valence-corrected chi connectivity index (χ0v) is 7.95. The molecule has 0 radical (unpaired) electrons. The molecule has 0 aliphatic carbocycles. The lowest BCUT2D eigenvalue weighted by molar-refractivity contribution is -0.311. The molecule has 4 nitrogen and oxygen atoms in total. The number of carboxylic acid groups (broad SMARTS) is 1. The molecule has 1 rings (SSSR count). The normalized spacial score (nSPS) is 24.9. The second-order valence-electron chi connectivity index (χ2n) is 3.43. The van der Waals surface area contributed by atoms with Crippen LogP contribution in [0, 0.1) is 0 Å². The highest BCUT2D eigenvalue weighted by atomic mass is 16.4. The third-order valence-electron chi connectivity index (χ3n) is 2.53. The Morgan fingerprint density at radius 2 is 2.38 bits per heavy atom. The number of amides is 1. The van der Waals surface area contributed by atoms with E-state index in [4.69, 9.17) is 0 Å². The van der Waals surface area contributed by atoms with E-state index in [1.165, 1.54) is 4.90 Å². The summed E-state index contributed by atoms with van der Waals surface area (Å²) < 4.78 is 0. The molecule has 0 N–H and O–H groups in total. The lowest BCUT2D eigenvalue weighted by Crippen LogP contribution is -2.50. The van der Waals surface area contributed by atoms with Crippen molar-refractivity contribution in [1.29, 1.82) is 0 Å². The SMILES string of the molecule is CCC(C(=O)[O-])N1C(=O)CCC1C. The average molecular weight is 184 g/mol. The van der Waals surface area contributed by atoms with E-state index in [-0.39, 0.29) is 11.9 Å². The van der Waals surface area contributed by atoms with E-state index in [9.17, 15) is 14.7 Å². The molecule has 1 fully saturated rings. The van der Waals surface area contributed by atoms with E-state index in [1.54, 1.807) is 6.92 Å². The number of carboxylic acids is 1. The molecule has 0 spiro atoms. The molecule has 0 bridgehead atoms. The largest absolute Gasteiger partial charge is 0.548 e. The van der Waals surface area contributed by atoms with Crippen LogP contribution in [0.5, 0.6) is 0 Å². The number of rotatable bonds is 3. The quantitative estimate of drug-likeness (QED) is 0.595. The fraction of sp³-hybridized carbons (Fsp3) is 0.778. The molecule has 0 aromatic rings. The number of hydrogen-bond donors (Lipinski definition) is 0. The molecule has 1 saturated heterocycles. The van der Waals surface area contributed by atoms with E-state index in [0.29, 0.717) is 12.8 Å². The summed E-state index contributed by atoms with van der Waals surface area (Å²) in [6.07, 6.45) is 1.63. The van der Waals surface area contributed by atoms with Gasteiger partial charge in [-0.2, -0.15) is 0 Å². The standard InChI is InChI=1S/C9H15NO3/c1-3-7(9(12)13)10-6(2)4-5-8(10)11/h6-7H,3-5H2,1-2H3,(H,12,13)/p-1. The third kappa shape index (κ3) is 1.82. The molecule has 0 saturated carbocycles. The highest BCUT2D eigenvalue weighted by molar-refractivity contribution is 5.84.